The van der Waals surface area contributed by atoms with Gasteiger partial charge in [0, 0.05) is 67.9 Å². The molecule has 2 aromatic rings. The predicted molar refractivity (Wildman–Crippen MR) is 149 cm³/mol. The number of likely N-dealkylation sites (N-methyl/N-ethyl adjacent to an activating group) is 2. The highest BCUT2D eigenvalue weighted by molar-refractivity contribution is 6.34. The SMILES string of the molecule is C=N/C=C(\C=C(/C)N1CC[C@H](N(C)C)C1)c1cc(F)cc(-c2ccc(N3CCN(C)C3=O)c(Cl)c2)c1O. The number of benzene rings is 2. The van der Waals surface area contributed by atoms with Crippen LogP contribution in [-0.4, -0.2) is 85.9 Å². The molecule has 2 amide bonds. The maximum absolute atomic E-state index is 14.9. The minimum atomic E-state index is -0.505. The summed E-state index contributed by atoms with van der Waals surface area (Å²) in [7, 11) is 5.89. The smallest absolute Gasteiger partial charge is 0.324 e. The molecule has 0 bridgehead atoms. The molecule has 7 nitrogen and oxygen atoms in total. The Balaban J connectivity index is 1.69. The number of hydrogen-bond acceptors (Lipinski definition) is 5. The van der Waals surface area contributed by atoms with E-state index in [0.29, 0.717) is 52.1 Å². The van der Waals surface area contributed by atoms with Gasteiger partial charge in [-0.15, -0.1) is 0 Å². The van der Waals surface area contributed by atoms with Gasteiger partial charge in [0.15, 0.2) is 0 Å². The molecule has 196 valence electrons. The van der Waals surface area contributed by atoms with Crippen molar-refractivity contribution in [2.24, 2.45) is 4.99 Å². The molecule has 2 aliphatic heterocycles. The number of urea groups is 1. The Morgan fingerprint density at radius 3 is 2.59 bits per heavy atom. The van der Waals surface area contributed by atoms with E-state index >= 15 is 0 Å². The number of carbonyl (C=O) groups is 1. The lowest BCUT2D eigenvalue weighted by atomic mass is 9.96. The first kappa shape index (κ1) is 26.7. The number of likely N-dealkylation sites (tertiary alicyclic amines) is 1. The van der Waals surface area contributed by atoms with Crippen molar-refractivity contribution in [2.75, 3.05) is 52.2 Å². The summed E-state index contributed by atoms with van der Waals surface area (Å²) >= 11 is 6.55. The summed E-state index contributed by atoms with van der Waals surface area (Å²) in [6.45, 7) is 8.52. The molecule has 9 heteroatoms. The van der Waals surface area contributed by atoms with Crippen LogP contribution in [-0.2, 0) is 0 Å². The van der Waals surface area contributed by atoms with Crippen molar-refractivity contribution in [3.63, 3.8) is 0 Å². The second kappa shape index (κ2) is 10.9. The number of aliphatic imine (C=N–C) groups is 1. The Morgan fingerprint density at radius 1 is 1.24 bits per heavy atom. The van der Waals surface area contributed by atoms with E-state index in [1.54, 1.807) is 35.0 Å². The van der Waals surface area contributed by atoms with Crippen LogP contribution in [0.2, 0.25) is 5.02 Å². The fourth-order valence-electron chi connectivity index (χ4n) is 4.89. The lowest BCUT2D eigenvalue weighted by molar-refractivity contribution is 0.229. The predicted octanol–water partition coefficient (Wildman–Crippen LogP) is 5.30. The topological polar surface area (TPSA) is 62.6 Å². The van der Waals surface area contributed by atoms with Gasteiger partial charge in [-0.25, -0.2) is 9.18 Å². The van der Waals surface area contributed by atoms with Gasteiger partial charge in [0.05, 0.1) is 10.7 Å². The number of halogens is 2. The van der Waals surface area contributed by atoms with E-state index in [2.05, 4.69) is 35.6 Å². The van der Waals surface area contributed by atoms with Gasteiger partial charge >= 0.3 is 6.03 Å². The molecule has 0 radical (unpaired) electrons. The van der Waals surface area contributed by atoms with Crippen LogP contribution in [0.5, 0.6) is 5.75 Å². The zero-order valence-corrected chi connectivity index (χ0v) is 22.5. The van der Waals surface area contributed by atoms with Gasteiger partial charge in [-0.1, -0.05) is 17.7 Å². The number of allylic oxidation sites excluding steroid dienone is 3. The Bertz CT molecular complexity index is 1280. The highest BCUT2D eigenvalue weighted by Crippen LogP contribution is 2.40. The lowest BCUT2D eigenvalue weighted by Crippen LogP contribution is -2.30. The molecule has 2 aromatic carbocycles. The van der Waals surface area contributed by atoms with Crippen molar-refractivity contribution in [3.8, 4) is 16.9 Å². The summed E-state index contributed by atoms with van der Waals surface area (Å²) < 4.78 is 14.9. The van der Waals surface area contributed by atoms with Gasteiger partial charge in [0.25, 0.3) is 0 Å². The molecule has 0 aromatic heterocycles. The Kier molecular flexibility index (Phi) is 7.90. The number of rotatable bonds is 7. The summed E-state index contributed by atoms with van der Waals surface area (Å²) in [6.07, 6.45) is 4.48. The van der Waals surface area contributed by atoms with Crippen LogP contribution in [0.25, 0.3) is 16.7 Å². The molecule has 2 fully saturated rings. The molecule has 0 aliphatic carbocycles. The fourth-order valence-corrected chi connectivity index (χ4v) is 5.17. The first-order valence-electron chi connectivity index (χ1n) is 12.2. The van der Waals surface area contributed by atoms with Crippen LogP contribution in [0.15, 0.2) is 53.3 Å². The van der Waals surface area contributed by atoms with Gasteiger partial charge in [-0.3, -0.25) is 9.89 Å². The molecular formula is C28H33ClFN5O2. The van der Waals surface area contributed by atoms with Crippen molar-refractivity contribution in [1.29, 1.82) is 0 Å². The second-order valence-electron chi connectivity index (χ2n) is 9.78. The van der Waals surface area contributed by atoms with Gasteiger partial charge in [-0.2, -0.15) is 0 Å². The highest BCUT2D eigenvalue weighted by atomic mass is 35.5. The minimum Gasteiger partial charge on any atom is -0.507 e. The molecule has 37 heavy (non-hydrogen) atoms. The van der Waals surface area contributed by atoms with Crippen LogP contribution in [0.3, 0.4) is 0 Å². The average molecular weight is 526 g/mol. The summed E-state index contributed by atoms with van der Waals surface area (Å²) in [5.41, 5.74) is 3.26. The zero-order valence-electron chi connectivity index (χ0n) is 21.7. The van der Waals surface area contributed by atoms with Crippen LogP contribution in [0.4, 0.5) is 14.9 Å². The molecule has 2 saturated heterocycles. The summed E-state index contributed by atoms with van der Waals surface area (Å²) in [4.78, 5) is 24.0. The maximum Gasteiger partial charge on any atom is 0.324 e. The molecule has 2 aliphatic rings. The van der Waals surface area contributed by atoms with Crippen molar-refractivity contribution >= 4 is 35.6 Å². The zero-order chi connectivity index (χ0) is 26.9. The van der Waals surface area contributed by atoms with Crippen LogP contribution >= 0.6 is 11.6 Å². The number of amides is 2. The third-order valence-corrected chi connectivity index (χ3v) is 7.44. The quantitative estimate of drug-likeness (QED) is 0.393. The van der Waals surface area contributed by atoms with E-state index in [4.69, 9.17) is 11.6 Å². The number of anilines is 1. The first-order valence-corrected chi connectivity index (χ1v) is 12.6. The highest BCUT2D eigenvalue weighted by Gasteiger charge is 2.28. The van der Waals surface area contributed by atoms with E-state index in [1.165, 1.54) is 18.3 Å². The number of carbonyl (C=O) groups excluding carboxylic acids is 1. The Hall–Kier alpha value is -3.36. The molecule has 1 N–H and O–H groups in total. The van der Waals surface area contributed by atoms with Crippen LogP contribution < -0.4 is 4.90 Å². The van der Waals surface area contributed by atoms with Crippen molar-refractivity contribution in [1.82, 2.24) is 14.7 Å². The van der Waals surface area contributed by atoms with E-state index < -0.39 is 5.82 Å². The molecule has 0 unspecified atom stereocenters. The molecule has 0 saturated carbocycles. The first-order chi connectivity index (χ1) is 17.6. The van der Waals surface area contributed by atoms with Gasteiger partial charge in [0.1, 0.15) is 11.6 Å². The van der Waals surface area contributed by atoms with E-state index in [1.807, 2.05) is 13.0 Å². The van der Waals surface area contributed by atoms with Crippen LogP contribution in [0.1, 0.15) is 18.9 Å². The normalized spacial score (nSPS) is 18.9. The van der Waals surface area contributed by atoms with Gasteiger partial charge < -0.3 is 19.8 Å². The maximum atomic E-state index is 14.9. The Labute approximate surface area is 222 Å². The Morgan fingerprint density at radius 2 is 2.00 bits per heavy atom. The van der Waals surface area contributed by atoms with Crippen molar-refractivity contribution < 1.29 is 14.3 Å². The molecule has 4 rings (SSSR count). The third kappa shape index (κ3) is 5.50. The number of aromatic hydroxyl groups is 1. The summed E-state index contributed by atoms with van der Waals surface area (Å²) in [6, 6.07) is 7.99. The largest absolute Gasteiger partial charge is 0.507 e. The van der Waals surface area contributed by atoms with Crippen molar-refractivity contribution in [2.45, 2.75) is 19.4 Å². The van der Waals surface area contributed by atoms with Gasteiger partial charge in [-0.05, 0) is 70.1 Å². The minimum absolute atomic E-state index is 0.0891. The average Bonchev–Trinajstić information content (AvgIpc) is 3.48. The number of hydrogen-bond donors (Lipinski definition) is 1. The number of phenols is 1. The van der Waals surface area contributed by atoms with Gasteiger partial charge in [0.2, 0.25) is 0 Å². The lowest BCUT2D eigenvalue weighted by Gasteiger charge is -2.23. The second-order valence-corrected chi connectivity index (χ2v) is 10.2. The molecule has 1 atom stereocenters. The summed E-state index contributed by atoms with van der Waals surface area (Å²) in [5.74, 6) is -0.594. The van der Waals surface area contributed by atoms with E-state index in [-0.39, 0.29) is 11.8 Å². The van der Waals surface area contributed by atoms with E-state index in [9.17, 15) is 14.3 Å². The standard InChI is InChI=1S/C28H33ClFN5O2/c1-18(34-9-8-22(17-34)32(3)4)12-20(16-31-2)24-15-21(30)14-23(27(24)36)19-6-7-26(25(29)13-19)35-11-10-33(5)28(35)37/h6-7,12-16,22,36H,2,8-11,17H2,1,3-5H3/b18-12+,20-16+/t22-/m0/s1. The fraction of sp³-hybridized carbons (Fsp3) is 0.357. The van der Waals surface area contributed by atoms with Crippen LogP contribution in [0, 0.1) is 5.82 Å². The summed E-state index contributed by atoms with van der Waals surface area (Å²) in [5, 5.41) is 11.6. The third-order valence-electron chi connectivity index (χ3n) is 7.14. The molecule has 2 heterocycles. The monoisotopic (exact) mass is 525 g/mol. The molecular weight excluding hydrogens is 493 g/mol. The van der Waals surface area contributed by atoms with E-state index in [0.717, 1.165) is 25.2 Å². The molecule has 0 spiro atoms. The number of nitrogens with zero attached hydrogens (tertiary/aromatic N) is 5. The van der Waals surface area contributed by atoms with Crippen molar-refractivity contribution in [3.05, 3.63) is 64.7 Å². The number of phenolic OH excluding ortho intramolecular Hbond substituents is 1.